The van der Waals surface area contributed by atoms with Crippen molar-refractivity contribution < 1.29 is 9.53 Å². The highest BCUT2D eigenvalue weighted by atomic mass is 16.5. The number of carbonyl (C=O) groups excluding carboxylic acids is 1. The predicted molar refractivity (Wildman–Crippen MR) is 62.4 cm³/mol. The van der Waals surface area contributed by atoms with Crippen molar-refractivity contribution in [1.82, 2.24) is 9.38 Å². The van der Waals surface area contributed by atoms with E-state index < -0.39 is 0 Å². The van der Waals surface area contributed by atoms with Crippen molar-refractivity contribution in [2.75, 3.05) is 0 Å². The minimum Gasteiger partial charge on any atom is -0.459 e. The van der Waals surface area contributed by atoms with Crippen LogP contribution < -0.4 is 0 Å². The van der Waals surface area contributed by atoms with Gasteiger partial charge in [0.05, 0.1) is 17.3 Å². The smallest absolute Gasteiger partial charge is 0.309 e. The fourth-order valence-corrected chi connectivity index (χ4v) is 1.91. The molecule has 2 heterocycles. The Bertz CT molecular complexity index is 570. The minimum absolute atomic E-state index is 0.0738. The number of aromatic nitrogens is 2. The number of nitrogens with zero attached hydrogens (tertiary/aromatic N) is 2. The molecule has 0 bridgehead atoms. The van der Waals surface area contributed by atoms with Crippen LogP contribution in [0.25, 0.3) is 5.65 Å². The zero-order chi connectivity index (χ0) is 11.8. The summed E-state index contributed by atoms with van der Waals surface area (Å²) in [5, 5.41) is 0. The Balaban J connectivity index is 1.83. The van der Waals surface area contributed by atoms with Gasteiger partial charge in [-0.2, -0.15) is 0 Å². The van der Waals surface area contributed by atoms with Crippen molar-refractivity contribution in [2.24, 2.45) is 5.92 Å². The van der Waals surface area contributed by atoms with Gasteiger partial charge in [-0.05, 0) is 31.9 Å². The molecule has 1 fully saturated rings. The molecule has 17 heavy (non-hydrogen) atoms. The monoisotopic (exact) mass is 230 g/mol. The van der Waals surface area contributed by atoms with Crippen molar-refractivity contribution in [3.63, 3.8) is 0 Å². The van der Waals surface area contributed by atoms with E-state index in [0.717, 1.165) is 29.9 Å². The molecule has 0 N–H and O–H groups in total. The van der Waals surface area contributed by atoms with E-state index in [9.17, 15) is 4.79 Å². The maximum Gasteiger partial charge on any atom is 0.309 e. The molecule has 4 nitrogen and oxygen atoms in total. The van der Waals surface area contributed by atoms with Crippen LogP contribution >= 0.6 is 0 Å². The van der Waals surface area contributed by atoms with E-state index in [1.807, 2.05) is 35.7 Å². The Kier molecular flexibility index (Phi) is 2.35. The molecule has 4 heteroatoms. The molecule has 1 aliphatic carbocycles. The van der Waals surface area contributed by atoms with Gasteiger partial charge in [0, 0.05) is 6.20 Å². The van der Waals surface area contributed by atoms with E-state index in [2.05, 4.69) is 4.98 Å². The molecule has 88 valence electrons. The Labute approximate surface area is 99.2 Å². The number of imidazole rings is 1. The Morgan fingerprint density at radius 3 is 3.12 bits per heavy atom. The minimum atomic E-state index is -0.0738. The number of rotatable bonds is 3. The number of hydrogen-bond donors (Lipinski definition) is 0. The summed E-state index contributed by atoms with van der Waals surface area (Å²) >= 11 is 0. The number of aryl methyl sites for hydroxylation is 1. The quantitative estimate of drug-likeness (QED) is 0.758. The van der Waals surface area contributed by atoms with Crippen LogP contribution in [0.4, 0.5) is 0 Å². The summed E-state index contributed by atoms with van der Waals surface area (Å²) in [5.74, 6) is 0.0739. The van der Waals surface area contributed by atoms with Crippen molar-refractivity contribution in [1.29, 1.82) is 0 Å². The van der Waals surface area contributed by atoms with Crippen LogP contribution in [0, 0.1) is 12.8 Å². The first-order valence-electron chi connectivity index (χ1n) is 5.85. The second kappa shape index (κ2) is 3.87. The molecule has 0 saturated heterocycles. The van der Waals surface area contributed by atoms with Crippen molar-refractivity contribution in [2.45, 2.75) is 26.4 Å². The first-order chi connectivity index (χ1) is 8.25. The average molecular weight is 230 g/mol. The Morgan fingerprint density at radius 2 is 2.35 bits per heavy atom. The number of hydrogen-bond acceptors (Lipinski definition) is 3. The Morgan fingerprint density at radius 1 is 1.53 bits per heavy atom. The maximum atomic E-state index is 11.5. The molecule has 0 unspecified atom stereocenters. The van der Waals surface area contributed by atoms with E-state index >= 15 is 0 Å². The standard InChI is InChI=1S/C13H14N2O2/c1-9-11(8-17-13(16)10-5-6-10)15-7-3-2-4-12(15)14-9/h2-4,7,10H,5-6,8H2,1H3. The van der Waals surface area contributed by atoms with Gasteiger partial charge in [-0.1, -0.05) is 6.07 Å². The van der Waals surface area contributed by atoms with E-state index in [0.29, 0.717) is 6.61 Å². The molecule has 2 aromatic rings. The normalized spacial score (nSPS) is 15.1. The molecule has 0 aromatic carbocycles. The molecule has 1 saturated carbocycles. The summed E-state index contributed by atoms with van der Waals surface area (Å²) in [5.41, 5.74) is 2.76. The summed E-state index contributed by atoms with van der Waals surface area (Å²) in [7, 11) is 0. The van der Waals surface area contributed by atoms with Gasteiger partial charge in [0.1, 0.15) is 12.3 Å². The summed E-state index contributed by atoms with van der Waals surface area (Å²) in [6.07, 6.45) is 3.89. The number of fused-ring (bicyclic) bond motifs is 1. The third-order valence-electron chi connectivity index (χ3n) is 3.09. The Hall–Kier alpha value is -1.84. The summed E-state index contributed by atoms with van der Waals surface area (Å²) in [6, 6.07) is 5.83. The topological polar surface area (TPSA) is 43.6 Å². The number of carbonyl (C=O) groups is 1. The number of pyridine rings is 1. The molecule has 0 spiro atoms. The van der Waals surface area contributed by atoms with Crippen LogP contribution in [-0.2, 0) is 16.1 Å². The predicted octanol–water partition coefficient (Wildman–Crippen LogP) is 2.10. The third kappa shape index (κ3) is 1.90. The molecule has 2 aromatic heterocycles. The summed E-state index contributed by atoms with van der Waals surface area (Å²) in [4.78, 5) is 15.9. The van der Waals surface area contributed by atoms with Crippen LogP contribution in [-0.4, -0.2) is 15.4 Å². The highest BCUT2D eigenvalue weighted by Crippen LogP contribution is 2.30. The zero-order valence-corrected chi connectivity index (χ0v) is 9.72. The van der Waals surface area contributed by atoms with Gasteiger partial charge in [-0.25, -0.2) is 4.98 Å². The highest BCUT2D eigenvalue weighted by molar-refractivity contribution is 5.74. The maximum absolute atomic E-state index is 11.5. The van der Waals surface area contributed by atoms with Crippen molar-refractivity contribution in [3.05, 3.63) is 35.8 Å². The zero-order valence-electron chi connectivity index (χ0n) is 9.72. The molecule has 0 radical (unpaired) electrons. The molecular formula is C13H14N2O2. The molecule has 3 rings (SSSR count). The second-order valence-electron chi connectivity index (χ2n) is 4.45. The van der Waals surface area contributed by atoms with Gasteiger partial charge in [0.25, 0.3) is 0 Å². The molecule has 0 amide bonds. The van der Waals surface area contributed by atoms with Crippen LogP contribution in [0.3, 0.4) is 0 Å². The highest BCUT2D eigenvalue weighted by Gasteiger charge is 2.31. The van der Waals surface area contributed by atoms with Gasteiger partial charge in [-0.3, -0.25) is 4.79 Å². The molecule has 0 aliphatic heterocycles. The van der Waals surface area contributed by atoms with E-state index in [1.165, 1.54) is 0 Å². The first kappa shape index (κ1) is 10.3. The average Bonchev–Trinajstić information content (AvgIpc) is 3.11. The lowest BCUT2D eigenvalue weighted by molar-refractivity contribution is -0.146. The number of esters is 1. The fourth-order valence-electron chi connectivity index (χ4n) is 1.91. The first-order valence-corrected chi connectivity index (χ1v) is 5.85. The van der Waals surface area contributed by atoms with Gasteiger partial charge < -0.3 is 9.14 Å². The lowest BCUT2D eigenvalue weighted by Gasteiger charge is -2.04. The van der Waals surface area contributed by atoms with Gasteiger partial charge in [0.2, 0.25) is 0 Å². The van der Waals surface area contributed by atoms with Crippen molar-refractivity contribution >= 4 is 11.6 Å². The van der Waals surface area contributed by atoms with Gasteiger partial charge in [0.15, 0.2) is 0 Å². The van der Waals surface area contributed by atoms with Gasteiger partial charge in [-0.15, -0.1) is 0 Å². The van der Waals surface area contributed by atoms with E-state index in [-0.39, 0.29) is 11.9 Å². The van der Waals surface area contributed by atoms with Gasteiger partial charge >= 0.3 is 5.97 Å². The fraction of sp³-hybridized carbons (Fsp3) is 0.385. The van der Waals surface area contributed by atoms with Crippen LogP contribution in [0.5, 0.6) is 0 Å². The lowest BCUT2D eigenvalue weighted by Crippen LogP contribution is -2.08. The third-order valence-corrected chi connectivity index (χ3v) is 3.09. The molecular weight excluding hydrogens is 216 g/mol. The van der Waals surface area contributed by atoms with Crippen molar-refractivity contribution in [3.8, 4) is 0 Å². The lowest BCUT2D eigenvalue weighted by atomic mass is 10.3. The van der Waals surface area contributed by atoms with E-state index in [1.54, 1.807) is 0 Å². The van der Waals surface area contributed by atoms with Crippen LogP contribution in [0.2, 0.25) is 0 Å². The van der Waals surface area contributed by atoms with Crippen LogP contribution in [0.15, 0.2) is 24.4 Å². The largest absolute Gasteiger partial charge is 0.459 e. The number of ether oxygens (including phenoxy) is 1. The summed E-state index contributed by atoms with van der Waals surface area (Å²) in [6.45, 7) is 2.25. The van der Waals surface area contributed by atoms with Crippen LogP contribution in [0.1, 0.15) is 24.2 Å². The second-order valence-corrected chi connectivity index (χ2v) is 4.45. The molecule has 1 aliphatic rings. The van der Waals surface area contributed by atoms with E-state index in [4.69, 9.17) is 4.74 Å². The SMILES string of the molecule is Cc1nc2ccccn2c1COC(=O)C1CC1. The molecule has 0 atom stereocenters. The summed E-state index contributed by atoms with van der Waals surface area (Å²) < 4.78 is 7.27.